The average molecular weight is 282 g/mol. The van der Waals surface area contributed by atoms with Crippen LogP contribution in [0.5, 0.6) is 0 Å². The molecule has 0 amide bonds. The molecule has 2 heterocycles. The van der Waals surface area contributed by atoms with Gasteiger partial charge in [0, 0.05) is 23.3 Å². The molecule has 0 bridgehead atoms. The minimum absolute atomic E-state index is 0.175. The van der Waals surface area contributed by atoms with Crippen LogP contribution in [0.1, 0.15) is 43.5 Å². The molecule has 1 aliphatic rings. The van der Waals surface area contributed by atoms with Crippen LogP contribution in [0.25, 0.3) is 10.8 Å². The highest BCUT2D eigenvalue weighted by atomic mass is 16.1. The first-order chi connectivity index (χ1) is 10.1. The molecule has 3 rings (SSSR count). The number of fused-ring (bicyclic) bond motifs is 1. The molecule has 3 nitrogen and oxygen atoms in total. The molecule has 1 aliphatic heterocycles. The van der Waals surface area contributed by atoms with Crippen molar-refractivity contribution in [1.29, 1.82) is 0 Å². The molecule has 2 aromatic rings. The van der Waals surface area contributed by atoms with Crippen molar-refractivity contribution in [3.63, 3.8) is 0 Å². The predicted octanol–water partition coefficient (Wildman–Crippen LogP) is 3.68. The maximum absolute atomic E-state index is 13.1. The van der Waals surface area contributed by atoms with Crippen molar-refractivity contribution < 1.29 is 4.79 Å². The number of hydrogen-bond donors (Lipinski definition) is 0. The van der Waals surface area contributed by atoms with E-state index in [4.69, 9.17) is 0 Å². The van der Waals surface area contributed by atoms with Gasteiger partial charge in [0.2, 0.25) is 0 Å². The molecule has 0 aliphatic carbocycles. The maximum Gasteiger partial charge on any atom is 0.184 e. The molecule has 0 N–H and O–H groups in total. The molecular weight excluding hydrogens is 260 g/mol. The SMILES string of the molecule is CC(C)(C(=O)c1cncc2ccccc12)N1CCCCC1. The third-order valence-corrected chi connectivity index (χ3v) is 4.62. The van der Waals surface area contributed by atoms with E-state index in [1.165, 1.54) is 19.3 Å². The molecule has 0 radical (unpaired) electrons. The van der Waals surface area contributed by atoms with Gasteiger partial charge in [-0.25, -0.2) is 0 Å². The van der Waals surface area contributed by atoms with E-state index in [1.807, 2.05) is 44.3 Å². The van der Waals surface area contributed by atoms with Crippen molar-refractivity contribution in [1.82, 2.24) is 9.88 Å². The van der Waals surface area contributed by atoms with Crippen molar-refractivity contribution in [3.8, 4) is 0 Å². The van der Waals surface area contributed by atoms with Crippen LogP contribution in [0.3, 0.4) is 0 Å². The van der Waals surface area contributed by atoms with E-state index in [1.54, 1.807) is 6.20 Å². The Kier molecular flexibility index (Phi) is 3.77. The van der Waals surface area contributed by atoms with Crippen molar-refractivity contribution in [2.75, 3.05) is 13.1 Å². The minimum atomic E-state index is -0.466. The summed E-state index contributed by atoms with van der Waals surface area (Å²) >= 11 is 0. The van der Waals surface area contributed by atoms with Crippen LogP contribution in [-0.4, -0.2) is 34.3 Å². The van der Waals surface area contributed by atoms with Gasteiger partial charge in [0.1, 0.15) is 0 Å². The number of aromatic nitrogens is 1. The van der Waals surface area contributed by atoms with Crippen LogP contribution in [0.2, 0.25) is 0 Å². The molecule has 3 heteroatoms. The minimum Gasteiger partial charge on any atom is -0.292 e. The number of carbonyl (C=O) groups is 1. The zero-order valence-electron chi connectivity index (χ0n) is 12.8. The number of benzene rings is 1. The number of ketones is 1. The number of hydrogen-bond acceptors (Lipinski definition) is 3. The van der Waals surface area contributed by atoms with E-state index < -0.39 is 5.54 Å². The standard InChI is InChI=1S/C18H22N2O/c1-18(2,20-10-6-3-7-11-20)17(21)16-13-19-12-14-8-4-5-9-15(14)16/h4-5,8-9,12-13H,3,6-7,10-11H2,1-2H3. The Morgan fingerprint density at radius 3 is 2.57 bits per heavy atom. The monoisotopic (exact) mass is 282 g/mol. The quantitative estimate of drug-likeness (QED) is 0.805. The third kappa shape index (κ3) is 2.58. The zero-order valence-corrected chi connectivity index (χ0v) is 12.8. The first-order valence-electron chi connectivity index (χ1n) is 7.73. The van der Waals surface area contributed by atoms with Crippen LogP contribution in [0, 0.1) is 0 Å². The molecule has 0 saturated carbocycles. The van der Waals surface area contributed by atoms with E-state index in [2.05, 4.69) is 9.88 Å². The highest BCUT2D eigenvalue weighted by Crippen LogP contribution is 2.27. The van der Waals surface area contributed by atoms with Crippen LogP contribution >= 0.6 is 0 Å². The molecule has 0 unspecified atom stereocenters. The summed E-state index contributed by atoms with van der Waals surface area (Å²) in [6, 6.07) is 7.98. The largest absolute Gasteiger partial charge is 0.292 e. The second-order valence-electron chi connectivity index (χ2n) is 6.34. The number of rotatable bonds is 3. The number of pyridine rings is 1. The summed E-state index contributed by atoms with van der Waals surface area (Å²) in [5, 5.41) is 2.03. The Hall–Kier alpha value is -1.74. The number of piperidine rings is 1. The number of Topliss-reactive ketones (excluding diaryl/α,β-unsaturated/α-hetero) is 1. The van der Waals surface area contributed by atoms with Gasteiger partial charge in [-0.3, -0.25) is 14.7 Å². The summed E-state index contributed by atoms with van der Waals surface area (Å²) in [6.07, 6.45) is 7.18. The Bertz CT molecular complexity index is 652. The highest BCUT2D eigenvalue weighted by molar-refractivity contribution is 6.11. The predicted molar refractivity (Wildman–Crippen MR) is 85.6 cm³/mol. The number of nitrogens with zero attached hydrogens (tertiary/aromatic N) is 2. The van der Waals surface area contributed by atoms with E-state index >= 15 is 0 Å². The van der Waals surface area contributed by atoms with Gasteiger partial charge in [-0.2, -0.15) is 0 Å². The van der Waals surface area contributed by atoms with Gasteiger partial charge < -0.3 is 0 Å². The second kappa shape index (κ2) is 5.57. The molecule has 1 fully saturated rings. The van der Waals surface area contributed by atoms with E-state index in [0.29, 0.717) is 0 Å². The Balaban J connectivity index is 1.99. The summed E-state index contributed by atoms with van der Waals surface area (Å²) in [5.74, 6) is 0.175. The van der Waals surface area contributed by atoms with Gasteiger partial charge in [-0.1, -0.05) is 30.7 Å². The molecule has 1 saturated heterocycles. The van der Waals surface area contributed by atoms with Gasteiger partial charge in [0.15, 0.2) is 5.78 Å². The van der Waals surface area contributed by atoms with Gasteiger partial charge in [-0.15, -0.1) is 0 Å². The Morgan fingerprint density at radius 1 is 1.10 bits per heavy atom. The maximum atomic E-state index is 13.1. The molecule has 1 aromatic carbocycles. The van der Waals surface area contributed by atoms with E-state index in [-0.39, 0.29) is 5.78 Å². The van der Waals surface area contributed by atoms with E-state index in [9.17, 15) is 4.79 Å². The van der Waals surface area contributed by atoms with Crippen molar-refractivity contribution in [2.45, 2.75) is 38.6 Å². The topological polar surface area (TPSA) is 33.2 Å². The van der Waals surface area contributed by atoms with Crippen LogP contribution < -0.4 is 0 Å². The van der Waals surface area contributed by atoms with E-state index in [0.717, 1.165) is 29.4 Å². The molecular formula is C18H22N2O. The van der Waals surface area contributed by atoms with Gasteiger partial charge >= 0.3 is 0 Å². The first kappa shape index (κ1) is 14.2. The van der Waals surface area contributed by atoms with Gasteiger partial charge in [0.05, 0.1) is 5.54 Å². The molecule has 21 heavy (non-hydrogen) atoms. The molecule has 0 atom stereocenters. The third-order valence-electron chi connectivity index (χ3n) is 4.62. The van der Waals surface area contributed by atoms with Gasteiger partial charge in [0.25, 0.3) is 0 Å². The highest BCUT2D eigenvalue weighted by Gasteiger charge is 2.36. The smallest absolute Gasteiger partial charge is 0.184 e. The molecule has 1 aromatic heterocycles. The van der Waals surface area contributed by atoms with Crippen LogP contribution in [0.15, 0.2) is 36.7 Å². The molecule has 0 spiro atoms. The lowest BCUT2D eigenvalue weighted by Crippen LogP contribution is -2.52. The average Bonchev–Trinajstić information content (AvgIpc) is 2.54. The molecule has 110 valence electrons. The summed E-state index contributed by atoms with van der Waals surface area (Å²) in [4.78, 5) is 19.7. The number of likely N-dealkylation sites (tertiary alicyclic amines) is 1. The summed E-state index contributed by atoms with van der Waals surface area (Å²) in [7, 11) is 0. The normalized spacial score (nSPS) is 17.0. The second-order valence-corrected chi connectivity index (χ2v) is 6.34. The van der Waals surface area contributed by atoms with Gasteiger partial charge in [-0.05, 0) is 45.2 Å². The lowest BCUT2D eigenvalue weighted by molar-refractivity contribution is 0.0580. The summed E-state index contributed by atoms with van der Waals surface area (Å²) < 4.78 is 0. The van der Waals surface area contributed by atoms with Crippen molar-refractivity contribution in [2.24, 2.45) is 0 Å². The zero-order chi connectivity index (χ0) is 14.9. The Morgan fingerprint density at radius 2 is 1.81 bits per heavy atom. The lowest BCUT2D eigenvalue weighted by atomic mass is 9.88. The fourth-order valence-electron chi connectivity index (χ4n) is 3.22. The fraction of sp³-hybridized carbons (Fsp3) is 0.444. The first-order valence-corrected chi connectivity index (χ1v) is 7.73. The Labute approximate surface area is 126 Å². The van der Waals surface area contributed by atoms with Crippen molar-refractivity contribution >= 4 is 16.6 Å². The van der Waals surface area contributed by atoms with Crippen molar-refractivity contribution in [3.05, 3.63) is 42.2 Å². The lowest BCUT2D eigenvalue weighted by Gasteiger charge is -2.39. The van der Waals surface area contributed by atoms with Crippen LogP contribution in [0.4, 0.5) is 0 Å². The number of carbonyl (C=O) groups excluding carboxylic acids is 1. The summed E-state index contributed by atoms with van der Waals surface area (Å²) in [5.41, 5.74) is 0.273. The fourth-order valence-corrected chi connectivity index (χ4v) is 3.22. The summed E-state index contributed by atoms with van der Waals surface area (Å²) in [6.45, 7) is 6.11. The van der Waals surface area contributed by atoms with Crippen LogP contribution in [-0.2, 0) is 0 Å².